The number of carbonyl (C=O) groups is 1. The van der Waals surface area contributed by atoms with Gasteiger partial charge in [-0.05, 0) is 24.3 Å². The number of benzene rings is 1. The Kier molecular flexibility index (Phi) is 5.15. The molecule has 10 nitrogen and oxygen atoms in total. The van der Waals surface area contributed by atoms with Crippen LogP contribution in [0.5, 0.6) is 0 Å². The van der Waals surface area contributed by atoms with Crippen molar-refractivity contribution in [3.05, 3.63) is 30.3 Å². The van der Waals surface area contributed by atoms with Crippen molar-refractivity contribution in [3.8, 4) is 0 Å². The maximum absolute atomic E-state index is 11.7. The molecular formula is C11H12N8O2. The van der Waals surface area contributed by atoms with Gasteiger partial charge in [0.05, 0.1) is 12.3 Å². The van der Waals surface area contributed by atoms with Gasteiger partial charge < -0.3 is 4.74 Å². The second-order valence-electron chi connectivity index (χ2n) is 3.60. The van der Waals surface area contributed by atoms with Gasteiger partial charge >= 0.3 is 11.9 Å². The van der Waals surface area contributed by atoms with Crippen LogP contribution in [-0.4, -0.2) is 39.4 Å². The first-order valence-corrected chi connectivity index (χ1v) is 6.06. The summed E-state index contributed by atoms with van der Waals surface area (Å²) in [5.74, 6) is -0.677. The number of ether oxygens (including phenoxy) is 1. The number of hydrogen-bond donors (Lipinski definition) is 1. The van der Waals surface area contributed by atoms with Crippen molar-refractivity contribution < 1.29 is 9.53 Å². The molecule has 0 fully saturated rings. The predicted molar refractivity (Wildman–Crippen MR) is 70.1 cm³/mol. The molecule has 0 spiro atoms. The fraction of sp³-hybridized carbons (Fsp3) is 0.273. The van der Waals surface area contributed by atoms with Gasteiger partial charge in [0.15, 0.2) is 0 Å². The van der Waals surface area contributed by atoms with Crippen molar-refractivity contribution in [2.75, 3.05) is 6.61 Å². The Bertz CT molecular complexity index is 610. The van der Waals surface area contributed by atoms with Gasteiger partial charge in [0.25, 0.3) is 6.17 Å². The van der Waals surface area contributed by atoms with Crippen LogP contribution in [0.2, 0.25) is 0 Å². The first kappa shape index (κ1) is 14.4. The van der Waals surface area contributed by atoms with E-state index >= 15 is 0 Å². The quantitative estimate of drug-likeness (QED) is 0.641. The summed E-state index contributed by atoms with van der Waals surface area (Å²) < 4.78 is 4.85. The van der Waals surface area contributed by atoms with Crippen molar-refractivity contribution in [2.24, 2.45) is 20.5 Å². The Balaban J connectivity index is 2.12. The number of nitrogens with one attached hydrogen (secondary N) is 1. The third kappa shape index (κ3) is 4.53. The number of rotatable bonds is 6. The third-order valence-electron chi connectivity index (χ3n) is 2.13. The van der Waals surface area contributed by atoms with Crippen LogP contribution in [0.15, 0.2) is 50.8 Å². The minimum absolute atomic E-state index is 0.0146. The molecule has 1 heterocycles. The van der Waals surface area contributed by atoms with Crippen LogP contribution in [0.4, 0.5) is 11.6 Å². The minimum Gasteiger partial charge on any atom is -0.463 e. The number of aromatic amines is 1. The Hall–Kier alpha value is -3.04. The number of azo groups is 2. The summed E-state index contributed by atoms with van der Waals surface area (Å²) in [4.78, 5) is 11.7. The fourth-order valence-electron chi connectivity index (χ4n) is 1.26. The molecule has 1 aromatic heterocycles. The lowest BCUT2D eigenvalue weighted by atomic mass is 10.3. The number of esters is 1. The van der Waals surface area contributed by atoms with Crippen molar-refractivity contribution in [3.63, 3.8) is 0 Å². The molecule has 0 radical (unpaired) electrons. The molecule has 1 atom stereocenters. The summed E-state index contributed by atoms with van der Waals surface area (Å²) in [6.45, 7) is 1.88. The fourth-order valence-corrected chi connectivity index (χ4v) is 1.26. The average molecular weight is 288 g/mol. The molecule has 0 amide bonds. The van der Waals surface area contributed by atoms with E-state index in [0.29, 0.717) is 5.69 Å². The predicted octanol–water partition coefficient (Wildman–Crippen LogP) is 1.96. The number of carbonyl (C=O) groups excluding carboxylic acids is 1. The lowest BCUT2D eigenvalue weighted by molar-refractivity contribution is -0.144. The molecular weight excluding hydrogens is 276 g/mol. The zero-order valence-corrected chi connectivity index (χ0v) is 11.1. The monoisotopic (exact) mass is 288 g/mol. The van der Waals surface area contributed by atoms with Crippen LogP contribution in [0.1, 0.15) is 6.92 Å². The Labute approximate surface area is 119 Å². The molecule has 0 aliphatic rings. The average Bonchev–Trinajstić information content (AvgIpc) is 3.02. The topological polar surface area (TPSA) is 130 Å². The Morgan fingerprint density at radius 3 is 2.71 bits per heavy atom. The lowest BCUT2D eigenvalue weighted by Gasteiger charge is -2.03. The van der Waals surface area contributed by atoms with E-state index in [4.69, 9.17) is 4.74 Å². The van der Waals surface area contributed by atoms with Crippen LogP contribution in [0.25, 0.3) is 0 Å². The van der Waals surface area contributed by atoms with E-state index in [1.807, 2.05) is 6.07 Å². The van der Waals surface area contributed by atoms with Gasteiger partial charge in [-0.15, -0.1) is 20.4 Å². The molecule has 1 aromatic carbocycles. The number of nitrogens with zero attached hydrogens (tertiary/aromatic N) is 7. The van der Waals surface area contributed by atoms with Gasteiger partial charge in [-0.25, -0.2) is 4.79 Å². The summed E-state index contributed by atoms with van der Waals surface area (Å²) in [5, 5.41) is 27.8. The number of H-pyrrole nitrogens is 1. The molecule has 0 aliphatic carbocycles. The van der Waals surface area contributed by atoms with E-state index in [0.717, 1.165) is 0 Å². The zero-order chi connectivity index (χ0) is 14.9. The summed E-state index contributed by atoms with van der Waals surface area (Å²) in [6.07, 6.45) is -1.22. The molecule has 21 heavy (non-hydrogen) atoms. The highest BCUT2D eigenvalue weighted by molar-refractivity contribution is 5.75. The van der Waals surface area contributed by atoms with Crippen molar-refractivity contribution in [2.45, 2.75) is 13.1 Å². The van der Waals surface area contributed by atoms with E-state index in [1.54, 1.807) is 31.2 Å². The Morgan fingerprint density at radius 1 is 1.29 bits per heavy atom. The zero-order valence-electron chi connectivity index (χ0n) is 11.1. The van der Waals surface area contributed by atoms with E-state index < -0.39 is 12.1 Å². The van der Waals surface area contributed by atoms with Crippen molar-refractivity contribution in [1.29, 1.82) is 0 Å². The molecule has 2 aromatic rings. The largest absolute Gasteiger partial charge is 0.463 e. The third-order valence-corrected chi connectivity index (χ3v) is 2.13. The van der Waals surface area contributed by atoms with Gasteiger partial charge in [-0.2, -0.15) is 10.3 Å². The normalized spacial score (nSPS) is 12.8. The summed E-state index contributed by atoms with van der Waals surface area (Å²) in [5.41, 5.74) is 0.585. The molecule has 0 saturated carbocycles. The summed E-state index contributed by atoms with van der Waals surface area (Å²) in [6, 6.07) is 8.92. The Morgan fingerprint density at radius 2 is 2.05 bits per heavy atom. The van der Waals surface area contributed by atoms with Gasteiger partial charge in [-0.3, -0.25) is 0 Å². The summed E-state index contributed by atoms with van der Waals surface area (Å²) in [7, 11) is 0. The molecule has 0 saturated heterocycles. The van der Waals surface area contributed by atoms with E-state index in [-0.39, 0.29) is 12.6 Å². The van der Waals surface area contributed by atoms with Crippen molar-refractivity contribution >= 4 is 17.6 Å². The number of hydrogen-bond acceptors (Lipinski definition) is 9. The molecule has 1 unspecified atom stereocenters. The van der Waals surface area contributed by atoms with Crippen LogP contribution < -0.4 is 0 Å². The van der Waals surface area contributed by atoms with E-state index in [1.165, 1.54) is 0 Å². The smallest absolute Gasteiger partial charge is 0.357 e. The second-order valence-corrected chi connectivity index (χ2v) is 3.60. The number of aromatic nitrogens is 4. The van der Waals surface area contributed by atoms with E-state index in [2.05, 4.69) is 41.1 Å². The highest BCUT2D eigenvalue weighted by Gasteiger charge is 2.18. The van der Waals surface area contributed by atoms with Crippen LogP contribution in [0, 0.1) is 0 Å². The van der Waals surface area contributed by atoms with Crippen LogP contribution >= 0.6 is 0 Å². The number of tetrazole rings is 1. The van der Waals surface area contributed by atoms with E-state index in [9.17, 15) is 4.79 Å². The van der Waals surface area contributed by atoms with Crippen LogP contribution in [-0.2, 0) is 9.53 Å². The molecule has 10 heteroatoms. The van der Waals surface area contributed by atoms with Crippen molar-refractivity contribution in [1.82, 2.24) is 20.6 Å². The molecule has 1 N–H and O–H groups in total. The molecule has 2 rings (SSSR count). The molecule has 0 bridgehead atoms. The minimum atomic E-state index is -1.22. The highest BCUT2D eigenvalue weighted by Crippen LogP contribution is 2.13. The second kappa shape index (κ2) is 7.53. The lowest BCUT2D eigenvalue weighted by Crippen LogP contribution is -2.18. The standard InChI is InChI=1S/C11H12N8O2/c1-2-21-10(20)9(14-15-11-16-18-19-17-11)13-12-8-6-4-3-5-7-8/h3-7,9H,2H2,1H3,(H,16,17,18,19)/b13-12?,15-14+. The first-order chi connectivity index (χ1) is 10.3. The van der Waals surface area contributed by atoms with Gasteiger partial charge in [-0.1, -0.05) is 23.3 Å². The summed E-state index contributed by atoms with van der Waals surface area (Å²) >= 11 is 0. The molecule has 0 aliphatic heterocycles. The van der Waals surface area contributed by atoms with Gasteiger partial charge in [0, 0.05) is 0 Å². The highest BCUT2D eigenvalue weighted by atomic mass is 16.5. The SMILES string of the molecule is CCOC(=O)C(N=Nc1ccccc1)/N=N/c1nn[nH]n1. The van der Waals surface area contributed by atoms with Gasteiger partial charge in [0.1, 0.15) is 0 Å². The first-order valence-electron chi connectivity index (χ1n) is 6.06. The maximum Gasteiger partial charge on any atom is 0.357 e. The van der Waals surface area contributed by atoms with Gasteiger partial charge in [0.2, 0.25) is 0 Å². The molecule has 108 valence electrons. The maximum atomic E-state index is 11.7. The van der Waals surface area contributed by atoms with Crippen LogP contribution in [0.3, 0.4) is 0 Å².